The van der Waals surface area contributed by atoms with Gasteiger partial charge in [0.05, 0.1) is 15.7 Å². The molecule has 0 unspecified atom stereocenters. The van der Waals surface area contributed by atoms with E-state index in [2.05, 4.69) is 20.9 Å². The molecule has 0 fully saturated rings. The predicted octanol–water partition coefficient (Wildman–Crippen LogP) is 2.43. The Balaban J connectivity index is 2.48. The fourth-order valence-corrected chi connectivity index (χ4v) is 4.99. The number of hydrogen-bond donors (Lipinski definition) is 1. The average Bonchev–Trinajstić information content (AvgIpc) is 2.82. The Morgan fingerprint density at radius 1 is 1.50 bits per heavy atom. The normalized spacial score (nSPS) is 11.3. The average molecular weight is 377 g/mol. The Morgan fingerprint density at radius 3 is 2.70 bits per heavy atom. The highest BCUT2D eigenvalue weighted by molar-refractivity contribution is 9.11. The van der Waals surface area contributed by atoms with E-state index < -0.39 is 16.0 Å². The SMILES string of the molecule is CN(c1cccnc1)S(=O)(=O)c1cc(C(=O)O)sc1Br. The molecule has 6 nitrogen and oxygen atoms in total. The maximum absolute atomic E-state index is 12.5. The van der Waals surface area contributed by atoms with E-state index in [4.69, 9.17) is 5.11 Å². The van der Waals surface area contributed by atoms with Crippen LogP contribution < -0.4 is 4.31 Å². The number of sulfonamides is 1. The van der Waals surface area contributed by atoms with Crippen molar-refractivity contribution in [3.05, 3.63) is 39.3 Å². The van der Waals surface area contributed by atoms with Crippen molar-refractivity contribution in [3.63, 3.8) is 0 Å². The van der Waals surface area contributed by atoms with Crippen molar-refractivity contribution in [1.82, 2.24) is 4.98 Å². The van der Waals surface area contributed by atoms with E-state index in [9.17, 15) is 13.2 Å². The van der Waals surface area contributed by atoms with Crippen molar-refractivity contribution in [3.8, 4) is 0 Å². The Labute approximate surface area is 127 Å². The number of aromatic nitrogens is 1. The van der Waals surface area contributed by atoms with E-state index in [1.807, 2.05) is 0 Å². The van der Waals surface area contributed by atoms with Crippen LogP contribution >= 0.6 is 27.3 Å². The summed E-state index contributed by atoms with van der Waals surface area (Å²) in [4.78, 5) is 14.6. The summed E-state index contributed by atoms with van der Waals surface area (Å²) >= 11 is 3.95. The highest BCUT2D eigenvalue weighted by atomic mass is 79.9. The molecule has 0 amide bonds. The molecular formula is C11H9BrN2O4S2. The summed E-state index contributed by atoms with van der Waals surface area (Å²) in [5.41, 5.74) is 0.391. The number of carboxylic acid groups (broad SMARTS) is 1. The highest BCUT2D eigenvalue weighted by Gasteiger charge is 2.27. The zero-order valence-electron chi connectivity index (χ0n) is 10.1. The minimum atomic E-state index is -3.84. The monoisotopic (exact) mass is 376 g/mol. The van der Waals surface area contributed by atoms with Crippen molar-refractivity contribution in [2.24, 2.45) is 0 Å². The Morgan fingerprint density at radius 2 is 2.20 bits per heavy atom. The lowest BCUT2D eigenvalue weighted by Gasteiger charge is -2.18. The third-order valence-corrected chi connectivity index (χ3v) is 6.54. The number of anilines is 1. The van der Waals surface area contributed by atoms with Gasteiger partial charge < -0.3 is 5.11 Å². The number of halogens is 1. The largest absolute Gasteiger partial charge is 0.477 e. The van der Waals surface area contributed by atoms with Crippen LogP contribution in [0.3, 0.4) is 0 Å². The summed E-state index contributed by atoms with van der Waals surface area (Å²) in [7, 11) is -2.46. The molecule has 2 rings (SSSR count). The molecular weight excluding hydrogens is 368 g/mol. The van der Waals surface area contributed by atoms with Crippen LogP contribution in [0.15, 0.2) is 39.3 Å². The molecule has 2 aromatic heterocycles. The van der Waals surface area contributed by atoms with E-state index in [0.717, 1.165) is 21.7 Å². The van der Waals surface area contributed by atoms with Gasteiger partial charge in [-0.05, 0) is 34.1 Å². The number of carbonyl (C=O) groups is 1. The molecule has 0 atom stereocenters. The lowest BCUT2D eigenvalue weighted by molar-refractivity contribution is 0.0702. The molecule has 0 saturated carbocycles. The van der Waals surface area contributed by atoms with Crippen LogP contribution in [-0.2, 0) is 10.0 Å². The number of nitrogens with zero attached hydrogens (tertiary/aromatic N) is 2. The molecule has 0 saturated heterocycles. The molecule has 0 bridgehead atoms. The van der Waals surface area contributed by atoms with Gasteiger partial charge >= 0.3 is 5.97 Å². The zero-order chi connectivity index (χ0) is 14.9. The predicted molar refractivity (Wildman–Crippen MR) is 78.8 cm³/mol. The summed E-state index contributed by atoms with van der Waals surface area (Å²) in [5, 5.41) is 8.92. The van der Waals surface area contributed by atoms with E-state index >= 15 is 0 Å². The second kappa shape index (κ2) is 5.51. The number of rotatable bonds is 4. The summed E-state index contributed by atoms with van der Waals surface area (Å²) in [5.74, 6) is -1.17. The van der Waals surface area contributed by atoms with Gasteiger partial charge in [0.15, 0.2) is 0 Å². The van der Waals surface area contributed by atoms with Crippen molar-refractivity contribution in [2.75, 3.05) is 11.4 Å². The fraction of sp³-hybridized carbons (Fsp3) is 0.0909. The second-order valence-corrected chi connectivity index (χ2v) is 8.05. The van der Waals surface area contributed by atoms with Gasteiger partial charge in [-0.15, -0.1) is 11.3 Å². The zero-order valence-corrected chi connectivity index (χ0v) is 13.4. The molecule has 2 aromatic rings. The summed E-state index contributed by atoms with van der Waals surface area (Å²) in [6.45, 7) is 0. The van der Waals surface area contributed by atoms with Crippen LogP contribution in [0.25, 0.3) is 0 Å². The molecule has 0 aliphatic heterocycles. The topological polar surface area (TPSA) is 87.6 Å². The van der Waals surface area contributed by atoms with Gasteiger partial charge in [0.2, 0.25) is 0 Å². The first-order valence-electron chi connectivity index (χ1n) is 5.25. The first kappa shape index (κ1) is 14.9. The number of pyridine rings is 1. The summed E-state index contributed by atoms with van der Waals surface area (Å²) < 4.78 is 26.3. The van der Waals surface area contributed by atoms with E-state index in [0.29, 0.717) is 5.69 Å². The van der Waals surface area contributed by atoms with Crippen LogP contribution in [-0.4, -0.2) is 31.5 Å². The molecule has 0 aliphatic rings. The molecule has 20 heavy (non-hydrogen) atoms. The van der Waals surface area contributed by atoms with Gasteiger partial charge in [0.25, 0.3) is 10.0 Å². The van der Waals surface area contributed by atoms with Gasteiger partial charge in [-0.3, -0.25) is 9.29 Å². The maximum atomic E-state index is 12.5. The van der Waals surface area contributed by atoms with E-state index in [-0.39, 0.29) is 13.6 Å². The molecule has 106 valence electrons. The number of thiophene rings is 1. The van der Waals surface area contributed by atoms with Crippen molar-refractivity contribution in [2.45, 2.75) is 4.90 Å². The van der Waals surface area contributed by atoms with Crippen molar-refractivity contribution in [1.29, 1.82) is 0 Å². The summed E-state index contributed by atoms with van der Waals surface area (Å²) in [6, 6.07) is 4.36. The lowest BCUT2D eigenvalue weighted by atomic mass is 10.4. The van der Waals surface area contributed by atoms with Gasteiger partial charge in [-0.2, -0.15) is 0 Å². The van der Waals surface area contributed by atoms with Crippen LogP contribution in [0, 0.1) is 0 Å². The van der Waals surface area contributed by atoms with E-state index in [1.54, 1.807) is 12.1 Å². The first-order chi connectivity index (χ1) is 9.34. The van der Waals surface area contributed by atoms with Crippen LogP contribution in [0.2, 0.25) is 0 Å². The Kier molecular flexibility index (Phi) is 4.11. The van der Waals surface area contributed by atoms with Crippen molar-refractivity contribution >= 4 is 48.9 Å². The standard InChI is InChI=1S/C11H9BrN2O4S2/c1-14(7-3-2-4-13-6-7)20(17,18)9-5-8(11(15)16)19-10(9)12/h2-6H,1H3,(H,15,16). The van der Waals surface area contributed by atoms with Crippen LogP contribution in [0.4, 0.5) is 5.69 Å². The first-order valence-corrected chi connectivity index (χ1v) is 8.30. The lowest BCUT2D eigenvalue weighted by Crippen LogP contribution is -2.26. The highest BCUT2D eigenvalue weighted by Crippen LogP contribution is 2.34. The molecule has 1 N–H and O–H groups in total. The molecule has 0 radical (unpaired) electrons. The van der Waals surface area contributed by atoms with Gasteiger partial charge in [0.1, 0.15) is 9.77 Å². The third kappa shape index (κ3) is 2.69. The molecule has 2 heterocycles. The second-order valence-electron chi connectivity index (χ2n) is 3.74. The van der Waals surface area contributed by atoms with Crippen LogP contribution in [0.5, 0.6) is 0 Å². The molecule has 0 aliphatic carbocycles. The smallest absolute Gasteiger partial charge is 0.345 e. The molecule has 0 aromatic carbocycles. The number of hydrogen-bond acceptors (Lipinski definition) is 5. The Bertz CT molecular complexity index is 743. The quantitative estimate of drug-likeness (QED) is 0.884. The van der Waals surface area contributed by atoms with Gasteiger partial charge in [-0.25, -0.2) is 13.2 Å². The number of carboxylic acids is 1. The third-order valence-electron chi connectivity index (χ3n) is 2.51. The fourth-order valence-electron chi connectivity index (χ4n) is 1.46. The maximum Gasteiger partial charge on any atom is 0.345 e. The minimum absolute atomic E-state index is 0.0463. The molecule has 9 heteroatoms. The number of aromatic carboxylic acids is 1. The van der Waals surface area contributed by atoms with Gasteiger partial charge in [-0.1, -0.05) is 0 Å². The van der Waals surface area contributed by atoms with Crippen molar-refractivity contribution < 1.29 is 18.3 Å². The van der Waals surface area contributed by atoms with Gasteiger partial charge in [0, 0.05) is 13.2 Å². The minimum Gasteiger partial charge on any atom is -0.477 e. The van der Waals surface area contributed by atoms with E-state index in [1.165, 1.54) is 19.4 Å². The summed E-state index contributed by atoms with van der Waals surface area (Å²) in [6.07, 6.45) is 2.95. The Hall–Kier alpha value is -1.45. The molecule has 0 spiro atoms. The van der Waals surface area contributed by atoms with Crippen LogP contribution in [0.1, 0.15) is 9.67 Å².